The highest BCUT2D eigenvalue weighted by molar-refractivity contribution is 9.10. The molecule has 2 rings (SSSR count). The van der Waals surface area contributed by atoms with Crippen molar-refractivity contribution >= 4 is 22.0 Å². The van der Waals surface area contributed by atoms with Gasteiger partial charge in [-0.05, 0) is 41.8 Å². The minimum absolute atomic E-state index is 0.120. The van der Waals surface area contributed by atoms with Crippen molar-refractivity contribution < 1.29 is 9.18 Å². The summed E-state index contributed by atoms with van der Waals surface area (Å²) in [6.45, 7) is 1.07. The number of hydrogen-bond acceptors (Lipinski definition) is 1. The van der Waals surface area contributed by atoms with Crippen LogP contribution in [0.4, 0.5) is 9.18 Å². The van der Waals surface area contributed by atoms with Crippen LogP contribution >= 0.6 is 15.9 Å². The van der Waals surface area contributed by atoms with Gasteiger partial charge in [-0.3, -0.25) is 0 Å². The molecule has 0 radical (unpaired) electrons. The molecule has 2 amide bonds. The Morgan fingerprint density at radius 1 is 1.09 bits per heavy atom. The second-order valence-corrected chi connectivity index (χ2v) is 6.01. The molecule has 2 aromatic rings. The zero-order valence-electron chi connectivity index (χ0n) is 12.4. The fourth-order valence-electron chi connectivity index (χ4n) is 2.04. The molecule has 116 valence electrons. The standard InChI is InChI=1S/C17H18BrFN2O/c1-21(12-14-2-6-15(18)7-3-14)17(22)20-11-10-13-4-8-16(19)9-5-13/h2-9H,10-12H2,1H3,(H,20,22). The topological polar surface area (TPSA) is 32.3 Å². The van der Waals surface area contributed by atoms with Gasteiger partial charge in [-0.2, -0.15) is 0 Å². The first-order chi connectivity index (χ1) is 10.5. The smallest absolute Gasteiger partial charge is 0.317 e. The van der Waals surface area contributed by atoms with Crippen LogP contribution in [-0.4, -0.2) is 24.5 Å². The number of nitrogens with one attached hydrogen (secondary N) is 1. The summed E-state index contributed by atoms with van der Waals surface area (Å²) in [6.07, 6.45) is 0.679. The van der Waals surface area contributed by atoms with Gasteiger partial charge in [0.15, 0.2) is 0 Å². The highest BCUT2D eigenvalue weighted by Crippen LogP contribution is 2.11. The van der Waals surface area contributed by atoms with Crippen molar-refractivity contribution in [1.29, 1.82) is 0 Å². The summed E-state index contributed by atoms with van der Waals surface area (Å²) in [7, 11) is 1.76. The summed E-state index contributed by atoms with van der Waals surface area (Å²) in [4.78, 5) is 13.6. The van der Waals surface area contributed by atoms with E-state index in [0.717, 1.165) is 15.6 Å². The first-order valence-corrected chi connectivity index (χ1v) is 7.82. The van der Waals surface area contributed by atoms with Gasteiger partial charge in [-0.15, -0.1) is 0 Å². The maximum absolute atomic E-state index is 12.8. The molecular weight excluding hydrogens is 347 g/mol. The molecule has 5 heteroatoms. The molecule has 0 fully saturated rings. The number of rotatable bonds is 5. The van der Waals surface area contributed by atoms with Crippen LogP contribution in [-0.2, 0) is 13.0 Å². The third kappa shape index (κ3) is 5.15. The fourth-order valence-corrected chi connectivity index (χ4v) is 2.30. The van der Waals surface area contributed by atoms with Crippen LogP contribution in [0.15, 0.2) is 53.0 Å². The van der Waals surface area contributed by atoms with Crippen LogP contribution in [0, 0.1) is 5.82 Å². The normalized spacial score (nSPS) is 10.3. The van der Waals surface area contributed by atoms with E-state index in [1.165, 1.54) is 12.1 Å². The van der Waals surface area contributed by atoms with Crippen molar-refractivity contribution in [3.05, 3.63) is 69.9 Å². The largest absolute Gasteiger partial charge is 0.338 e. The Kier molecular flexibility index (Phi) is 5.95. The molecule has 0 aliphatic heterocycles. The van der Waals surface area contributed by atoms with Crippen LogP contribution < -0.4 is 5.32 Å². The molecule has 0 aliphatic rings. The van der Waals surface area contributed by atoms with Crippen molar-refractivity contribution in [2.75, 3.05) is 13.6 Å². The van der Waals surface area contributed by atoms with Gasteiger partial charge in [0.1, 0.15) is 5.82 Å². The Morgan fingerprint density at radius 2 is 1.68 bits per heavy atom. The molecule has 0 aliphatic carbocycles. The molecule has 0 saturated carbocycles. The van der Waals surface area contributed by atoms with Gasteiger partial charge in [-0.25, -0.2) is 9.18 Å². The molecular formula is C17H18BrFN2O. The molecule has 22 heavy (non-hydrogen) atoms. The highest BCUT2D eigenvalue weighted by atomic mass is 79.9. The highest BCUT2D eigenvalue weighted by Gasteiger charge is 2.08. The quantitative estimate of drug-likeness (QED) is 0.855. The summed E-state index contributed by atoms with van der Waals surface area (Å²) in [5.74, 6) is -0.248. The van der Waals surface area contributed by atoms with E-state index in [-0.39, 0.29) is 11.8 Å². The number of nitrogens with zero attached hydrogens (tertiary/aromatic N) is 1. The first-order valence-electron chi connectivity index (χ1n) is 7.02. The van der Waals surface area contributed by atoms with E-state index in [4.69, 9.17) is 0 Å². The summed E-state index contributed by atoms with van der Waals surface area (Å²) >= 11 is 3.39. The van der Waals surface area contributed by atoms with Gasteiger partial charge in [0.05, 0.1) is 0 Å². The van der Waals surface area contributed by atoms with Crippen molar-refractivity contribution in [1.82, 2.24) is 10.2 Å². The van der Waals surface area contributed by atoms with E-state index < -0.39 is 0 Å². The van der Waals surface area contributed by atoms with E-state index >= 15 is 0 Å². The van der Waals surface area contributed by atoms with E-state index in [1.54, 1.807) is 24.1 Å². The van der Waals surface area contributed by atoms with Crippen LogP contribution in [0.1, 0.15) is 11.1 Å². The zero-order chi connectivity index (χ0) is 15.9. The van der Waals surface area contributed by atoms with Gasteiger partial charge in [0, 0.05) is 24.6 Å². The molecule has 0 atom stereocenters. The van der Waals surface area contributed by atoms with Crippen molar-refractivity contribution in [2.45, 2.75) is 13.0 Å². The molecule has 3 nitrogen and oxygen atoms in total. The fraction of sp³-hybridized carbons (Fsp3) is 0.235. The molecule has 0 bridgehead atoms. The number of carbonyl (C=O) groups is 1. The average molecular weight is 365 g/mol. The Morgan fingerprint density at radius 3 is 2.32 bits per heavy atom. The maximum Gasteiger partial charge on any atom is 0.317 e. The Balaban J connectivity index is 1.76. The van der Waals surface area contributed by atoms with Crippen molar-refractivity contribution in [3.63, 3.8) is 0 Å². The predicted molar refractivity (Wildman–Crippen MR) is 89.1 cm³/mol. The first kappa shape index (κ1) is 16.5. The molecule has 1 N–H and O–H groups in total. The Bertz CT molecular complexity index is 614. The monoisotopic (exact) mass is 364 g/mol. The van der Waals surface area contributed by atoms with Gasteiger partial charge < -0.3 is 10.2 Å². The second kappa shape index (κ2) is 7.94. The SMILES string of the molecule is CN(Cc1ccc(Br)cc1)C(=O)NCCc1ccc(F)cc1. The third-order valence-electron chi connectivity index (χ3n) is 3.28. The molecule has 2 aromatic carbocycles. The maximum atomic E-state index is 12.8. The number of urea groups is 1. The minimum atomic E-state index is -0.248. The molecule has 0 heterocycles. The number of benzene rings is 2. The van der Waals surface area contributed by atoms with Gasteiger partial charge >= 0.3 is 6.03 Å². The van der Waals surface area contributed by atoms with Gasteiger partial charge in [0.2, 0.25) is 0 Å². The lowest BCUT2D eigenvalue weighted by atomic mass is 10.1. The zero-order valence-corrected chi connectivity index (χ0v) is 13.9. The summed E-state index contributed by atoms with van der Waals surface area (Å²) in [5, 5.41) is 2.86. The van der Waals surface area contributed by atoms with Crippen LogP contribution in [0.25, 0.3) is 0 Å². The van der Waals surface area contributed by atoms with E-state index in [1.807, 2.05) is 24.3 Å². The number of carbonyl (C=O) groups excluding carboxylic acids is 1. The summed E-state index contributed by atoms with van der Waals surface area (Å²) in [5.41, 5.74) is 2.07. The van der Waals surface area contributed by atoms with Gasteiger partial charge in [0.25, 0.3) is 0 Å². The Hall–Kier alpha value is -1.88. The predicted octanol–water partition coefficient (Wildman–Crippen LogP) is 3.97. The Labute approximate surface area is 138 Å². The minimum Gasteiger partial charge on any atom is -0.338 e. The van der Waals surface area contributed by atoms with Crippen molar-refractivity contribution in [3.8, 4) is 0 Å². The number of hydrogen-bond donors (Lipinski definition) is 1. The van der Waals surface area contributed by atoms with Crippen LogP contribution in [0.2, 0.25) is 0 Å². The molecule has 0 unspecified atom stereocenters. The molecule has 0 saturated heterocycles. The average Bonchev–Trinajstić information content (AvgIpc) is 2.51. The van der Waals surface area contributed by atoms with Crippen LogP contribution in [0.3, 0.4) is 0 Å². The van der Waals surface area contributed by atoms with Gasteiger partial charge in [-0.1, -0.05) is 40.2 Å². The summed E-state index contributed by atoms with van der Waals surface area (Å²) in [6, 6.07) is 14.1. The van der Waals surface area contributed by atoms with E-state index in [0.29, 0.717) is 19.5 Å². The number of halogens is 2. The molecule has 0 spiro atoms. The van der Waals surface area contributed by atoms with E-state index in [2.05, 4.69) is 21.2 Å². The third-order valence-corrected chi connectivity index (χ3v) is 3.81. The molecule has 0 aromatic heterocycles. The number of amides is 2. The second-order valence-electron chi connectivity index (χ2n) is 5.09. The van der Waals surface area contributed by atoms with Crippen LogP contribution in [0.5, 0.6) is 0 Å². The lowest BCUT2D eigenvalue weighted by Gasteiger charge is -2.18. The lowest BCUT2D eigenvalue weighted by molar-refractivity contribution is 0.207. The van der Waals surface area contributed by atoms with E-state index in [9.17, 15) is 9.18 Å². The summed E-state index contributed by atoms with van der Waals surface area (Å²) < 4.78 is 13.8. The van der Waals surface area contributed by atoms with Crippen molar-refractivity contribution in [2.24, 2.45) is 0 Å². The lowest BCUT2D eigenvalue weighted by Crippen LogP contribution is -2.37.